The van der Waals surface area contributed by atoms with Crippen molar-refractivity contribution in [1.82, 2.24) is 10.2 Å². The van der Waals surface area contributed by atoms with Gasteiger partial charge in [-0.3, -0.25) is 9.69 Å². The zero-order valence-electron chi connectivity index (χ0n) is 13.2. The van der Waals surface area contributed by atoms with E-state index in [1.165, 1.54) is 5.56 Å². The van der Waals surface area contributed by atoms with E-state index in [0.29, 0.717) is 13.1 Å². The summed E-state index contributed by atoms with van der Waals surface area (Å²) in [4.78, 5) is 14.2. The van der Waals surface area contributed by atoms with Gasteiger partial charge in [0.05, 0.1) is 6.04 Å². The molecular formula is C16H27N3O. The first kappa shape index (κ1) is 16.7. The fourth-order valence-electron chi connectivity index (χ4n) is 1.99. The zero-order valence-corrected chi connectivity index (χ0v) is 13.2. The van der Waals surface area contributed by atoms with E-state index in [1.54, 1.807) is 0 Å². The van der Waals surface area contributed by atoms with Gasteiger partial charge in [0.15, 0.2) is 0 Å². The van der Waals surface area contributed by atoms with E-state index >= 15 is 0 Å². The molecule has 3 N–H and O–H groups in total. The SMILES string of the molecule is CC(C(=O)NC(C)(C)C)N(C)Cc1ccccc1CN. The van der Waals surface area contributed by atoms with Gasteiger partial charge in [0.1, 0.15) is 0 Å². The highest BCUT2D eigenvalue weighted by Crippen LogP contribution is 2.12. The van der Waals surface area contributed by atoms with Crippen molar-refractivity contribution in [3.8, 4) is 0 Å². The normalized spacial score (nSPS) is 13.3. The molecule has 0 heterocycles. The van der Waals surface area contributed by atoms with Crippen LogP contribution in [0.4, 0.5) is 0 Å². The lowest BCUT2D eigenvalue weighted by atomic mass is 10.1. The molecule has 0 fully saturated rings. The predicted octanol–water partition coefficient (Wildman–Crippen LogP) is 1.88. The number of likely N-dealkylation sites (N-methyl/N-ethyl adjacent to an activating group) is 1. The minimum Gasteiger partial charge on any atom is -0.350 e. The molecular weight excluding hydrogens is 250 g/mol. The van der Waals surface area contributed by atoms with Gasteiger partial charge < -0.3 is 11.1 Å². The molecule has 112 valence electrons. The lowest BCUT2D eigenvalue weighted by Crippen LogP contribution is -2.49. The third kappa shape index (κ3) is 4.94. The average Bonchev–Trinajstić information content (AvgIpc) is 2.36. The van der Waals surface area contributed by atoms with Crippen LogP contribution >= 0.6 is 0 Å². The summed E-state index contributed by atoms with van der Waals surface area (Å²) < 4.78 is 0. The van der Waals surface area contributed by atoms with Gasteiger partial charge in [0.2, 0.25) is 5.91 Å². The Morgan fingerprint density at radius 3 is 2.35 bits per heavy atom. The number of hydrogen-bond donors (Lipinski definition) is 2. The molecule has 4 nitrogen and oxygen atoms in total. The molecule has 1 amide bonds. The Morgan fingerprint density at radius 1 is 1.30 bits per heavy atom. The highest BCUT2D eigenvalue weighted by molar-refractivity contribution is 5.81. The number of nitrogens with one attached hydrogen (secondary N) is 1. The first-order valence-electron chi connectivity index (χ1n) is 7.03. The van der Waals surface area contributed by atoms with Crippen LogP contribution in [0, 0.1) is 0 Å². The maximum atomic E-state index is 12.2. The maximum Gasteiger partial charge on any atom is 0.237 e. The quantitative estimate of drug-likeness (QED) is 0.864. The van der Waals surface area contributed by atoms with E-state index < -0.39 is 0 Å². The molecule has 1 aromatic rings. The molecule has 1 rings (SSSR count). The van der Waals surface area contributed by atoms with Gasteiger partial charge in [-0.2, -0.15) is 0 Å². The lowest BCUT2D eigenvalue weighted by Gasteiger charge is -2.28. The van der Waals surface area contributed by atoms with Gasteiger partial charge in [0, 0.05) is 18.6 Å². The van der Waals surface area contributed by atoms with Crippen LogP contribution in [-0.2, 0) is 17.9 Å². The third-order valence-electron chi connectivity index (χ3n) is 3.30. The van der Waals surface area contributed by atoms with Crippen molar-refractivity contribution in [3.05, 3.63) is 35.4 Å². The molecule has 0 saturated heterocycles. The summed E-state index contributed by atoms with van der Waals surface area (Å²) in [5, 5.41) is 3.01. The zero-order chi connectivity index (χ0) is 15.3. The summed E-state index contributed by atoms with van der Waals surface area (Å²) in [6.45, 7) is 9.12. The lowest BCUT2D eigenvalue weighted by molar-refractivity contribution is -0.127. The van der Waals surface area contributed by atoms with Gasteiger partial charge in [-0.05, 0) is 45.9 Å². The average molecular weight is 277 g/mol. The van der Waals surface area contributed by atoms with Crippen molar-refractivity contribution in [1.29, 1.82) is 0 Å². The largest absolute Gasteiger partial charge is 0.350 e. The van der Waals surface area contributed by atoms with Crippen LogP contribution < -0.4 is 11.1 Å². The van der Waals surface area contributed by atoms with Crippen molar-refractivity contribution < 1.29 is 4.79 Å². The number of nitrogens with two attached hydrogens (primary N) is 1. The first-order valence-corrected chi connectivity index (χ1v) is 7.03. The molecule has 1 atom stereocenters. The number of hydrogen-bond acceptors (Lipinski definition) is 3. The molecule has 1 unspecified atom stereocenters. The van der Waals surface area contributed by atoms with Crippen molar-refractivity contribution in [2.75, 3.05) is 7.05 Å². The van der Waals surface area contributed by atoms with E-state index in [9.17, 15) is 4.79 Å². The van der Waals surface area contributed by atoms with Crippen LogP contribution in [0.1, 0.15) is 38.8 Å². The molecule has 0 saturated carbocycles. The summed E-state index contributed by atoms with van der Waals surface area (Å²) >= 11 is 0. The number of amides is 1. The second-order valence-corrected chi connectivity index (χ2v) is 6.30. The van der Waals surface area contributed by atoms with Crippen molar-refractivity contribution >= 4 is 5.91 Å². The Hall–Kier alpha value is -1.39. The fourth-order valence-corrected chi connectivity index (χ4v) is 1.99. The van der Waals surface area contributed by atoms with Crippen molar-refractivity contribution in [3.63, 3.8) is 0 Å². The van der Waals surface area contributed by atoms with Gasteiger partial charge in [-0.15, -0.1) is 0 Å². The molecule has 0 aliphatic rings. The van der Waals surface area contributed by atoms with Gasteiger partial charge in [-0.1, -0.05) is 24.3 Å². The molecule has 20 heavy (non-hydrogen) atoms. The van der Waals surface area contributed by atoms with Crippen LogP contribution in [0.5, 0.6) is 0 Å². The topological polar surface area (TPSA) is 58.4 Å². The molecule has 0 aliphatic carbocycles. The Morgan fingerprint density at radius 2 is 1.85 bits per heavy atom. The minimum absolute atomic E-state index is 0.0465. The van der Waals surface area contributed by atoms with Crippen LogP contribution in [0.3, 0.4) is 0 Å². The summed E-state index contributed by atoms with van der Waals surface area (Å²) in [5.41, 5.74) is 7.84. The van der Waals surface area contributed by atoms with E-state index in [-0.39, 0.29) is 17.5 Å². The van der Waals surface area contributed by atoms with Gasteiger partial charge in [-0.25, -0.2) is 0 Å². The monoisotopic (exact) mass is 277 g/mol. The molecule has 0 bridgehead atoms. The molecule has 0 radical (unpaired) electrons. The van der Waals surface area contributed by atoms with Crippen molar-refractivity contribution in [2.24, 2.45) is 5.73 Å². The van der Waals surface area contributed by atoms with Gasteiger partial charge >= 0.3 is 0 Å². The second kappa shape index (κ2) is 6.86. The van der Waals surface area contributed by atoms with Crippen molar-refractivity contribution in [2.45, 2.75) is 52.4 Å². The highest BCUT2D eigenvalue weighted by Gasteiger charge is 2.22. The predicted molar refractivity (Wildman–Crippen MR) is 83.2 cm³/mol. The molecule has 0 aliphatic heterocycles. The van der Waals surface area contributed by atoms with Crippen LogP contribution in [0.15, 0.2) is 24.3 Å². The maximum absolute atomic E-state index is 12.2. The Kier molecular flexibility index (Phi) is 5.72. The summed E-state index contributed by atoms with van der Waals surface area (Å²) in [6, 6.07) is 7.90. The standard InChI is InChI=1S/C16H27N3O/c1-12(15(20)18-16(2,3)4)19(5)11-14-9-7-6-8-13(14)10-17/h6-9,12H,10-11,17H2,1-5H3,(H,18,20). The van der Waals surface area contributed by atoms with Gasteiger partial charge in [0.25, 0.3) is 0 Å². The van der Waals surface area contributed by atoms with Crippen LogP contribution in [0.25, 0.3) is 0 Å². The number of nitrogens with zero attached hydrogens (tertiary/aromatic N) is 1. The molecule has 4 heteroatoms. The minimum atomic E-state index is -0.207. The number of carbonyl (C=O) groups is 1. The van der Waals surface area contributed by atoms with E-state index in [2.05, 4.69) is 11.4 Å². The molecule has 0 spiro atoms. The smallest absolute Gasteiger partial charge is 0.237 e. The number of benzene rings is 1. The van der Waals surface area contributed by atoms with E-state index in [4.69, 9.17) is 5.73 Å². The summed E-state index contributed by atoms with van der Waals surface area (Å²) in [6.07, 6.45) is 0. The molecule has 1 aromatic carbocycles. The fraction of sp³-hybridized carbons (Fsp3) is 0.562. The highest BCUT2D eigenvalue weighted by atomic mass is 16.2. The molecule has 0 aromatic heterocycles. The van der Waals surface area contributed by atoms with E-state index in [1.807, 2.05) is 57.8 Å². The Balaban J connectivity index is 2.70. The Bertz CT molecular complexity index is 451. The summed E-state index contributed by atoms with van der Waals surface area (Å²) in [5.74, 6) is 0.0465. The van der Waals surface area contributed by atoms with E-state index in [0.717, 1.165) is 5.56 Å². The summed E-state index contributed by atoms with van der Waals surface area (Å²) in [7, 11) is 1.96. The first-order chi connectivity index (χ1) is 9.24. The number of carbonyl (C=O) groups excluding carboxylic acids is 1. The van der Waals surface area contributed by atoms with Crippen LogP contribution in [0.2, 0.25) is 0 Å². The Labute approximate surface area is 122 Å². The number of rotatable bonds is 5. The second-order valence-electron chi connectivity index (χ2n) is 6.30. The van der Waals surface area contributed by atoms with Crippen LogP contribution in [-0.4, -0.2) is 29.4 Å². The third-order valence-corrected chi connectivity index (χ3v) is 3.30.